The molecule has 1 aliphatic carbocycles. The van der Waals surface area contributed by atoms with Crippen LogP contribution in [0.15, 0.2) is 28.3 Å². The molecule has 1 saturated carbocycles. The maximum Gasteiger partial charge on any atom is 0.263 e. The molecule has 6 nitrogen and oxygen atoms in total. The summed E-state index contributed by atoms with van der Waals surface area (Å²) in [6, 6.07) is 3.73. The summed E-state index contributed by atoms with van der Waals surface area (Å²) < 4.78 is 1.60. The van der Waals surface area contributed by atoms with Gasteiger partial charge < -0.3 is 5.32 Å². The Balaban J connectivity index is 1.72. The summed E-state index contributed by atoms with van der Waals surface area (Å²) in [5.74, 6) is 0.787. The van der Waals surface area contributed by atoms with E-state index in [0.29, 0.717) is 28.7 Å². The number of carbonyl (C=O) groups excluding carboxylic acids is 1. The molecule has 2 atom stereocenters. The summed E-state index contributed by atoms with van der Waals surface area (Å²) in [5, 5.41) is 4.19. The number of nitrogens with zero attached hydrogens (tertiary/aromatic N) is 3. The minimum atomic E-state index is -0.107. The number of amides is 1. The van der Waals surface area contributed by atoms with Crippen LogP contribution in [0, 0.1) is 5.92 Å². The first-order valence-electron chi connectivity index (χ1n) is 8.88. The van der Waals surface area contributed by atoms with Gasteiger partial charge in [-0.25, -0.2) is 9.97 Å². The number of hydrogen-bond donors (Lipinski definition) is 1. The quantitative estimate of drug-likeness (QED) is 0.655. The van der Waals surface area contributed by atoms with E-state index < -0.39 is 0 Å². The monoisotopic (exact) mass is 360 g/mol. The van der Waals surface area contributed by atoms with Crippen LogP contribution in [0.25, 0.3) is 11.0 Å². The summed E-state index contributed by atoms with van der Waals surface area (Å²) in [4.78, 5) is 33.5. The average Bonchev–Trinajstić information content (AvgIpc) is 2.62. The maximum atomic E-state index is 12.6. The summed E-state index contributed by atoms with van der Waals surface area (Å²) in [5.41, 5.74) is 0.324. The average molecular weight is 360 g/mol. The van der Waals surface area contributed by atoms with Gasteiger partial charge in [-0.15, -0.1) is 0 Å². The highest BCUT2D eigenvalue weighted by molar-refractivity contribution is 7.99. The third kappa shape index (κ3) is 4.03. The zero-order valence-electron chi connectivity index (χ0n) is 14.7. The van der Waals surface area contributed by atoms with E-state index in [9.17, 15) is 9.59 Å². The molecule has 0 radical (unpaired) electrons. The molecular weight excluding hydrogens is 336 g/mol. The van der Waals surface area contributed by atoms with Crippen LogP contribution in [0.2, 0.25) is 0 Å². The molecule has 1 fully saturated rings. The highest BCUT2D eigenvalue weighted by Gasteiger charge is 2.23. The molecule has 3 rings (SSSR count). The first-order chi connectivity index (χ1) is 12.1. The first kappa shape index (κ1) is 17.9. The van der Waals surface area contributed by atoms with Gasteiger partial charge in [0.15, 0.2) is 10.8 Å². The maximum absolute atomic E-state index is 12.6. The molecule has 25 heavy (non-hydrogen) atoms. The lowest BCUT2D eigenvalue weighted by Crippen LogP contribution is -2.41. The van der Waals surface area contributed by atoms with E-state index in [4.69, 9.17) is 0 Å². The Labute approximate surface area is 151 Å². The number of aromatic nitrogens is 3. The number of thioether (sulfide) groups is 1. The minimum Gasteiger partial charge on any atom is -0.352 e. The third-order valence-corrected chi connectivity index (χ3v) is 5.78. The molecule has 0 saturated heterocycles. The Morgan fingerprint density at radius 3 is 2.96 bits per heavy atom. The molecule has 2 aromatic heterocycles. The molecule has 0 aliphatic heterocycles. The van der Waals surface area contributed by atoms with Gasteiger partial charge in [0.05, 0.1) is 11.1 Å². The van der Waals surface area contributed by atoms with Crippen molar-refractivity contribution in [2.45, 2.75) is 57.3 Å². The molecule has 7 heteroatoms. The van der Waals surface area contributed by atoms with Gasteiger partial charge in [0, 0.05) is 18.8 Å². The second-order valence-electron chi connectivity index (χ2n) is 6.54. The van der Waals surface area contributed by atoms with Crippen LogP contribution in [0.1, 0.15) is 39.5 Å². The van der Waals surface area contributed by atoms with Crippen molar-refractivity contribution in [2.24, 2.45) is 5.92 Å². The predicted molar refractivity (Wildman–Crippen MR) is 99.8 cm³/mol. The van der Waals surface area contributed by atoms with Crippen molar-refractivity contribution in [2.75, 3.05) is 5.75 Å². The van der Waals surface area contributed by atoms with Gasteiger partial charge in [0.25, 0.3) is 5.56 Å². The largest absolute Gasteiger partial charge is 0.352 e. The lowest BCUT2D eigenvalue weighted by atomic mass is 9.86. The van der Waals surface area contributed by atoms with Crippen LogP contribution in [-0.2, 0) is 11.3 Å². The van der Waals surface area contributed by atoms with Crippen molar-refractivity contribution in [3.05, 3.63) is 28.7 Å². The van der Waals surface area contributed by atoms with Crippen LogP contribution >= 0.6 is 11.8 Å². The van der Waals surface area contributed by atoms with E-state index in [-0.39, 0.29) is 23.3 Å². The van der Waals surface area contributed by atoms with Gasteiger partial charge in [-0.05, 0) is 37.8 Å². The number of pyridine rings is 1. The fourth-order valence-electron chi connectivity index (χ4n) is 3.33. The van der Waals surface area contributed by atoms with Gasteiger partial charge >= 0.3 is 0 Å². The van der Waals surface area contributed by atoms with Gasteiger partial charge in [0.1, 0.15) is 0 Å². The Bertz CT molecular complexity index is 820. The summed E-state index contributed by atoms with van der Waals surface area (Å²) >= 11 is 1.30. The van der Waals surface area contributed by atoms with Crippen LogP contribution < -0.4 is 10.9 Å². The standard InChI is InChI=1S/C18H24N4O2S/c1-3-22-17(24)13-8-6-10-19-16(13)21-18(22)25-11-15(23)20-14-9-5-4-7-12(14)2/h6,8,10,12,14H,3-5,7,9,11H2,1-2H3,(H,20,23). The van der Waals surface area contributed by atoms with Crippen molar-refractivity contribution >= 4 is 28.7 Å². The SMILES string of the molecule is CCn1c(SCC(=O)NC2CCCCC2C)nc2ncccc2c1=O. The molecule has 0 bridgehead atoms. The molecule has 2 unspecified atom stereocenters. The predicted octanol–water partition coefficient (Wildman–Crippen LogP) is 2.60. The minimum absolute atomic E-state index is 0.00164. The van der Waals surface area contributed by atoms with E-state index >= 15 is 0 Å². The second kappa shape index (κ2) is 7.99. The molecular formula is C18H24N4O2S. The van der Waals surface area contributed by atoms with Crippen molar-refractivity contribution in [3.63, 3.8) is 0 Å². The highest BCUT2D eigenvalue weighted by atomic mass is 32.2. The summed E-state index contributed by atoms with van der Waals surface area (Å²) in [6.07, 6.45) is 6.27. The summed E-state index contributed by atoms with van der Waals surface area (Å²) in [6.45, 7) is 4.61. The number of hydrogen-bond acceptors (Lipinski definition) is 5. The third-order valence-electron chi connectivity index (χ3n) is 4.80. The number of fused-ring (bicyclic) bond motifs is 1. The number of nitrogens with one attached hydrogen (secondary N) is 1. The second-order valence-corrected chi connectivity index (χ2v) is 7.49. The smallest absolute Gasteiger partial charge is 0.263 e. The fraction of sp³-hybridized carbons (Fsp3) is 0.556. The van der Waals surface area contributed by atoms with Crippen LogP contribution in [-0.4, -0.2) is 32.2 Å². The van der Waals surface area contributed by atoms with Crippen molar-refractivity contribution in [1.82, 2.24) is 19.9 Å². The van der Waals surface area contributed by atoms with Crippen LogP contribution in [0.4, 0.5) is 0 Å². The van der Waals surface area contributed by atoms with Gasteiger partial charge in [-0.3, -0.25) is 14.2 Å². The Morgan fingerprint density at radius 1 is 1.40 bits per heavy atom. The van der Waals surface area contributed by atoms with E-state index in [1.165, 1.54) is 31.0 Å². The normalized spacial score (nSPS) is 20.6. The van der Waals surface area contributed by atoms with E-state index in [1.807, 2.05) is 6.92 Å². The van der Waals surface area contributed by atoms with E-state index in [2.05, 4.69) is 22.2 Å². The van der Waals surface area contributed by atoms with Gasteiger partial charge in [-0.2, -0.15) is 0 Å². The Morgan fingerprint density at radius 2 is 2.20 bits per heavy atom. The fourth-order valence-corrected chi connectivity index (χ4v) is 4.20. The van der Waals surface area contributed by atoms with Gasteiger partial charge in [-0.1, -0.05) is 31.5 Å². The Hall–Kier alpha value is -1.89. The van der Waals surface area contributed by atoms with Crippen molar-refractivity contribution in [1.29, 1.82) is 0 Å². The lowest BCUT2D eigenvalue weighted by Gasteiger charge is -2.29. The number of rotatable bonds is 5. The number of carbonyl (C=O) groups is 1. The van der Waals surface area contributed by atoms with Gasteiger partial charge in [0.2, 0.25) is 5.91 Å². The van der Waals surface area contributed by atoms with Crippen molar-refractivity contribution < 1.29 is 4.79 Å². The molecule has 1 aliphatic rings. The Kier molecular flexibility index (Phi) is 5.73. The van der Waals surface area contributed by atoms with Crippen LogP contribution in [0.5, 0.6) is 0 Å². The molecule has 134 valence electrons. The molecule has 0 aromatic carbocycles. The zero-order valence-corrected chi connectivity index (χ0v) is 15.5. The first-order valence-corrected chi connectivity index (χ1v) is 9.86. The molecule has 2 aromatic rings. The van der Waals surface area contributed by atoms with E-state index in [0.717, 1.165) is 6.42 Å². The molecule has 0 spiro atoms. The highest BCUT2D eigenvalue weighted by Crippen LogP contribution is 2.24. The molecule has 2 heterocycles. The van der Waals surface area contributed by atoms with E-state index in [1.54, 1.807) is 22.9 Å². The molecule has 1 amide bonds. The topological polar surface area (TPSA) is 76.9 Å². The molecule has 1 N–H and O–H groups in total. The van der Waals surface area contributed by atoms with Crippen molar-refractivity contribution in [3.8, 4) is 0 Å². The summed E-state index contributed by atoms with van der Waals surface area (Å²) in [7, 11) is 0. The lowest BCUT2D eigenvalue weighted by molar-refractivity contribution is -0.119. The van der Waals surface area contributed by atoms with Crippen LogP contribution in [0.3, 0.4) is 0 Å². The zero-order chi connectivity index (χ0) is 17.8.